The van der Waals surface area contributed by atoms with Gasteiger partial charge in [-0.25, -0.2) is 4.68 Å². The molecule has 0 bridgehead atoms. The molecule has 1 heterocycles. The van der Waals surface area contributed by atoms with Crippen molar-refractivity contribution in [3.63, 3.8) is 0 Å². The van der Waals surface area contributed by atoms with Crippen LogP contribution in [0.3, 0.4) is 0 Å². The molecule has 0 spiro atoms. The Kier molecular flexibility index (Phi) is 4.24. The number of anilines is 1. The van der Waals surface area contributed by atoms with E-state index in [1.54, 1.807) is 23.9 Å². The maximum atomic E-state index is 6.01. The van der Waals surface area contributed by atoms with Crippen LogP contribution >= 0.6 is 23.2 Å². The average Bonchev–Trinajstić information content (AvgIpc) is 2.83. The van der Waals surface area contributed by atoms with Crippen LogP contribution in [0.4, 0.5) is 5.69 Å². The van der Waals surface area contributed by atoms with E-state index in [-0.39, 0.29) is 6.10 Å². The summed E-state index contributed by atoms with van der Waals surface area (Å²) in [6, 6.07) is 3.37. The van der Waals surface area contributed by atoms with Gasteiger partial charge in [0.25, 0.3) is 0 Å². The number of nitrogens with two attached hydrogens (primary N) is 1. The summed E-state index contributed by atoms with van der Waals surface area (Å²) in [5.74, 6) is 0.564. The lowest BCUT2D eigenvalue weighted by Gasteiger charge is -2.11. The number of benzene rings is 1. The number of rotatable bonds is 4. The standard InChI is InChI=1S/C11H13Cl2N5O/c1-6(19-2)5-18-11(15-16-17-18)7-3-8(12)10(13)9(14)4-7/h3-4,6H,5,14H2,1-2H3. The number of hydrogen-bond acceptors (Lipinski definition) is 5. The second-order valence-electron chi connectivity index (χ2n) is 4.09. The van der Waals surface area contributed by atoms with Gasteiger partial charge < -0.3 is 10.5 Å². The molecule has 102 valence electrons. The van der Waals surface area contributed by atoms with Crippen LogP contribution in [0, 0.1) is 0 Å². The number of ether oxygens (including phenoxy) is 1. The molecule has 0 fully saturated rings. The Hall–Kier alpha value is -1.37. The van der Waals surface area contributed by atoms with Crippen LogP contribution < -0.4 is 5.73 Å². The first-order valence-corrected chi connectivity index (χ1v) is 6.32. The van der Waals surface area contributed by atoms with Crippen LogP contribution in [-0.4, -0.2) is 33.4 Å². The molecule has 0 aliphatic rings. The zero-order valence-electron chi connectivity index (χ0n) is 10.5. The molecule has 0 aliphatic carbocycles. The quantitative estimate of drug-likeness (QED) is 0.876. The fourth-order valence-corrected chi connectivity index (χ4v) is 1.93. The van der Waals surface area contributed by atoms with Gasteiger partial charge in [0.2, 0.25) is 0 Å². The summed E-state index contributed by atoms with van der Waals surface area (Å²) in [6.07, 6.45) is -0.0117. The van der Waals surface area contributed by atoms with Crippen molar-refractivity contribution >= 4 is 28.9 Å². The van der Waals surface area contributed by atoms with Crippen LogP contribution in [0.5, 0.6) is 0 Å². The normalized spacial score (nSPS) is 12.6. The Morgan fingerprint density at radius 1 is 1.42 bits per heavy atom. The van der Waals surface area contributed by atoms with Crippen molar-refractivity contribution in [2.75, 3.05) is 12.8 Å². The molecule has 2 rings (SSSR count). The molecule has 1 atom stereocenters. The number of halogens is 2. The molecule has 1 aromatic carbocycles. The highest BCUT2D eigenvalue weighted by Gasteiger charge is 2.14. The lowest BCUT2D eigenvalue weighted by molar-refractivity contribution is 0.0997. The highest BCUT2D eigenvalue weighted by Crippen LogP contribution is 2.32. The summed E-state index contributed by atoms with van der Waals surface area (Å²) >= 11 is 11.9. The molecule has 0 saturated heterocycles. The summed E-state index contributed by atoms with van der Waals surface area (Å²) < 4.78 is 6.82. The van der Waals surface area contributed by atoms with Crippen LogP contribution in [-0.2, 0) is 11.3 Å². The van der Waals surface area contributed by atoms with E-state index in [9.17, 15) is 0 Å². The smallest absolute Gasteiger partial charge is 0.182 e. The molecule has 6 nitrogen and oxygen atoms in total. The molecule has 2 aromatic rings. The summed E-state index contributed by atoms with van der Waals surface area (Å²) in [6.45, 7) is 2.45. The number of hydrogen-bond donors (Lipinski definition) is 1. The van der Waals surface area contributed by atoms with E-state index in [2.05, 4.69) is 15.5 Å². The highest BCUT2D eigenvalue weighted by molar-refractivity contribution is 6.43. The lowest BCUT2D eigenvalue weighted by Crippen LogP contribution is -2.16. The van der Waals surface area contributed by atoms with E-state index < -0.39 is 0 Å². The maximum absolute atomic E-state index is 6.01. The van der Waals surface area contributed by atoms with E-state index in [0.717, 1.165) is 0 Å². The van der Waals surface area contributed by atoms with Gasteiger partial charge in [0.15, 0.2) is 5.82 Å². The Bertz CT molecular complexity index is 563. The zero-order valence-corrected chi connectivity index (χ0v) is 12.0. The minimum absolute atomic E-state index is 0.0117. The van der Waals surface area contributed by atoms with Crippen LogP contribution in [0.1, 0.15) is 6.92 Å². The van der Waals surface area contributed by atoms with Crippen molar-refractivity contribution in [3.8, 4) is 11.4 Å². The first kappa shape index (κ1) is 14.0. The van der Waals surface area contributed by atoms with Crippen molar-refractivity contribution in [2.24, 2.45) is 0 Å². The molecule has 0 radical (unpaired) electrons. The predicted molar refractivity (Wildman–Crippen MR) is 74.2 cm³/mol. The third-order valence-electron chi connectivity index (χ3n) is 2.68. The van der Waals surface area contributed by atoms with Gasteiger partial charge in [-0.1, -0.05) is 23.2 Å². The van der Waals surface area contributed by atoms with Gasteiger partial charge in [-0.3, -0.25) is 0 Å². The van der Waals surface area contributed by atoms with Crippen molar-refractivity contribution in [1.29, 1.82) is 0 Å². The fraction of sp³-hybridized carbons (Fsp3) is 0.364. The third-order valence-corrected chi connectivity index (χ3v) is 3.50. The average molecular weight is 302 g/mol. The molecule has 2 N–H and O–H groups in total. The van der Waals surface area contributed by atoms with E-state index in [1.807, 2.05) is 6.92 Å². The molecular weight excluding hydrogens is 289 g/mol. The van der Waals surface area contributed by atoms with Gasteiger partial charge in [-0.05, 0) is 29.5 Å². The van der Waals surface area contributed by atoms with Crippen molar-refractivity contribution in [1.82, 2.24) is 20.2 Å². The molecule has 1 unspecified atom stereocenters. The number of methoxy groups -OCH3 is 1. The van der Waals surface area contributed by atoms with E-state index in [0.29, 0.717) is 33.7 Å². The van der Waals surface area contributed by atoms with Gasteiger partial charge in [-0.15, -0.1) is 5.10 Å². The molecule has 0 aliphatic heterocycles. The minimum Gasteiger partial charge on any atom is -0.397 e. The van der Waals surface area contributed by atoms with Gasteiger partial charge in [0.05, 0.1) is 28.4 Å². The van der Waals surface area contributed by atoms with E-state index in [4.69, 9.17) is 33.7 Å². The van der Waals surface area contributed by atoms with Crippen molar-refractivity contribution in [3.05, 3.63) is 22.2 Å². The molecular formula is C11H13Cl2N5O. The second-order valence-corrected chi connectivity index (χ2v) is 4.88. The topological polar surface area (TPSA) is 78.8 Å². The molecule has 0 amide bonds. The van der Waals surface area contributed by atoms with Gasteiger partial charge in [0.1, 0.15) is 0 Å². The largest absolute Gasteiger partial charge is 0.397 e. The van der Waals surface area contributed by atoms with Crippen molar-refractivity contribution < 1.29 is 4.74 Å². The van der Waals surface area contributed by atoms with Gasteiger partial charge in [-0.2, -0.15) is 0 Å². The maximum Gasteiger partial charge on any atom is 0.182 e. The van der Waals surface area contributed by atoms with Gasteiger partial charge in [0, 0.05) is 12.7 Å². The number of nitrogens with zero attached hydrogens (tertiary/aromatic N) is 4. The summed E-state index contributed by atoms with van der Waals surface area (Å²) in [4.78, 5) is 0. The van der Waals surface area contributed by atoms with Crippen LogP contribution in [0.15, 0.2) is 12.1 Å². The molecule has 19 heavy (non-hydrogen) atoms. The Labute approximate surface area is 120 Å². The first-order chi connectivity index (χ1) is 9.02. The Balaban J connectivity index is 2.40. The zero-order chi connectivity index (χ0) is 14.0. The predicted octanol–water partition coefficient (Wildman–Crippen LogP) is 2.26. The number of tetrazole rings is 1. The molecule has 0 saturated carbocycles. The number of aromatic nitrogens is 4. The lowest BCUT2D eigenvalue weighted by atomic mass is 10.2. The minimum atomic E-state index is -0.0117. The summed E-state index contributed by atoms with van der Waals surface area (Å²) in [5, 5.41) is 12.2. The Morgan fingerprint density at radius 2 is 2.16 bits per heavy atom. The monoisotopic (exact) mass is 301 g/mol. The Morgan fingerprint density at radius 3 is 2.79 bits per heavy atom. The van der Waals surface area contributed by atoms with E-state index in [1.165, 1.54) is 0 Å². The van der Waals surface area contributed by atoms with Crippen molar-refractivity contribution in [2.45, 2.75) is 19.6 Å². The van der Waals surface area contributed by atoms with Gasteiger partial charge >= 0.3 is 0 Å². The highest BCUT2D eigenvalue weighted by atomic mass is 35.5. The third kappa shape index (κ3) is 2.97. The summed E-state index contributed by atoms with van der Waals surface area (Å²) in [5.41, 5.74) is 6.88. The second kappa shape index (κ2) is 5.73. The number of nitrogen functional groups attached to an aromatic ring is 1. The molecule has 1 aromatic heterocycles. The van der Waals surface area contributed by atoms with E-state index >= 15 is 0 Å². The molecule has 8 heteroatoms. The van der Waals surface area contributed by atoms with Crippen LogP contribution in [0.2, 0.25) is 10.0 Å². The van der Waals surface area contributed by atoms with Crippen LogP contribution in [0.25, 0.3) is 11.4 Å². The fourth-order valence-electron chi connectivity index (χ4n) is 1.59. The first-order valence-electron chi connectivity index (χ1n) is 5.56. The SMILES string of the molecule is COC(C)Cn1nnnc1-c1cc(N)c(Cl)c(Cl)c1. The summed E-state index contributed by atoms with van der Waals surface area (Å²) in [7, 11) is 1.63.